The van der Waals surface area contributed by atoms with E-state index in [2.05, 4.69) is 31.4 Å². The third kappa shape index (κ3) is 3.29. The molecule has 1 amide bonds. The first kappa shape index (κ1) is 18.3. The highest BCUT2D eigenvalue weighted by Crippen LogP contribution is 2.24. The first-order valence-electron chi connectivity index (χ1n) is 8.07. The van der Waals surface area contributed by atoms with Crippen LogP contribution in [0.1, 0.15) is 33.1 Å². The maximum absolute atomic E-state index is 13.9. The van der Waals surface area contributed by atoms with Crippen molar-refractivity contribution in [2.24, 2.45) is 7.05 Å². The van der Waals surface area contributed by atoms with E-state index in [1.54, 1.807) is 41.5 Å². The Morgan fingerprint density at radius 2 is 1.88 bits per heavy atom. The molecule has 2 heterocycles. The van der Waals surface area contributed by atoms with Gasteiger partial charge in [0.25, 0.3) is 5.91 Å². The standard InChI is InChI=1S/C18H19BrFN5O/c1-10-16(21-18(26)17-15(19)11(2)24(4)23-17)12(3)25(22-10)9-13-7-5-6-8-14(13)20/h5-8H,9H2,1-4H3,(H,21,26). The van der Waals surface area contributed by atoms with Crippen LogP contribution in [0.15, 0.2) is 28.7 Å². The van der Waals surface area contributed by atoms with Crippen molar-refractivity contribution in [3.63, 3.8) is 0 Å². The number of amides is 1. The van der Waals surface area contributed by atoms with Crippen molar-refractivity contribution in [2.45, 2.75) is 27.3 Å². The van der Waals surface area contributed by atoms with E-state index in [1.165, 1.54) is 6.07 Å². The molecule has 0 atom stereocenters. The summed E-state index contributed by atoms with van der Waals surface area (Å²) in [5, 5.41) is 11.5. The van der Waals surface area contributed by atoms with Gasteiger partial charge in [-0.25, -0.2) is 4.39 Å². The number of nitrogens with zero attached hydrogens (tertiary/aromatic N) is 4. The molecule has 3 rings (SSSR count). The minimum Gasteiger partial charge on any atom is -0.317 e. The zero-order valence-electron chi connectivity index (χ0n) is 15.0. The molecule has 6 nitrogen and oxygen atoms in total. The van der Waals surface area contributed by atoms with Crippen molar-refractivity contribution in [3.05, 3.63) is 62.9 Å². The van der Waals surface area contributed by atoms with Gasteiger partial charge in [0.05, 0.1) is 33.8 Å². The van der Waals surface area contributed by atoms with Crippen LogP contribution in [0.5, 0.6) is 0 Å². The molecule has 0 aliphatic heterocycles. The van der Waals surface area contributed by atoms with Crippen LogP contribution >= 0.6 is 15.9 Å². The van der Waals surface area contributed by atoms with Crippen LogP contribution in [0.25, 0.3) is 0 Å². The number of benzene rings is 1. The molecular weight excluding hydrogens is 401 g/mol. The smallest absolute Gasteiger partial charge is 0.277 e. The first-order chi connectivity index (χ1) is 12.3. The number of carbonyl (C=O) groups excluding carboxylic acids is 1. The number of rotatable bonds is 4. The van der Waals surface area contributed by atoms with Crippen LogP contribution in [-0.2, 0) is 13.6 Å². The summed E-state index contributed by atoms with van der Waals surface area (Å²) in [5.74, 6) is -0.601. The molecule has 0 aliphatic carbocycles. The molecule has 0 unspecified atom stereocenters. The second-order valence-corrected chi connectivity index (χ2v) is 6.91. The van der Waals surface area contributed by atoms with Gasteiger partial charge in [0.15, 0.2) is 5.69 Å². The zero-order valence-corrected chi connectivity index (χ0v) is 16.6. The fourth-order valence-corrected chi connectivity index (χ4v) is 3.24. The third-order valence-electron chi connectivity index (χ3n) is 4.37. The van der Waals surface area contributed by atoms with Gasteiger partial charge < -0.3 is 5.32 Å². The number of aryl methyl sites for hydroxylation is 2. The Morgan fingerprint density at radius 1 is 1.19 bits per heavy atom. The normalized spacial score (nSPS) is 11.0. The third-order valence-corrected chi connectivity index (χ3v) is 5.32. The summed E-state index contributed by atoms with van der Waals surface area (Å²) in [7, 11) is 1.78. The average molecular weight is 420 g/mol. The summed E-state index contributed by atoms with van der Waals surface area (Å²) in [4.78, 5) is 12.6. The zero-order chi connectivity index (χ0) is 19.0. The average Bonchev–Trinajstić information content (AvgIpc) is 3.01. The van der Waals surface area contributed by atoms with Crippen LogP contribution < -0.4 is 5.32 Å². The number of carbonyl (C=O) groups is 1. The van der Waals surface area contributed by atoms with Gasteiger partial charge >= 0.3 is 0 Å². The number of anilines is 1. The largest absolute Gasteiger partial charge is 0.317 e. The van der Waals surface area contributed by atoms with E-state index in [4.69, 9.17) is 0 Å². The van der Waals surface area contributed by atoms with Crippen molar-refractivity contribution in [3.8, 4) is 0 Å². The molecule has 0 saturated heterocycles. The molecule has 0 bridgehead atoms. The lowest BCUT2D eigenvalue weighted by Gasteiger charge is -2.07. The Balaban J connectivity index is 1.87. The Kier molecular flexibility index (Phi) is 4.95. The lowest BCUT2D eigenvalue weighted by atomic mass is 10.2. The van der Waals surface area contributed by atoms with E-state index in [0.717, 1.165) is 11.4 Å². The van der Waals surface area contributed by atoms with E-state index >= 15 is 0 Å². The van der Waals surface area contributed by atoms with Crippen LogP contribution in [0, 0.1) is 26.6 Å². The Morgan fingerprint density at radius 3 is 2.50 bits per heavy atom. The van der Waals surface area contributed by atoms with Gasteiger partial charge in [0.2, 0.25) is 0 Å². The van der Waals surface area contributed by atoms with Gasteiger partial charge in [-0.1, -0.05) is 18.2 Å². The fraction of sp³-hybridized carbons (Fsp3) is 0.278. The minimum atomic E-state index is -0.322. The van der Waals surface area contributed by atoms with Gasteiger partial charge in [0, 0.05) is 12.6 Å². The second kappa shape index (κ2) is 7.03. The minimum absolute atomic E-state index is 0.279. The Hall–Kier alpha value is -2.48. The number of nitrogens with one attached hydrogen (secondary N) is 1. The lowest BCUT2D eigenvalue weighted by Crippen LogP contribution is -2.15. The summed E-state index contributed by atoms with van der Waals surface area (Å²) < 4.78 is 17.9. The maximum Gasteiger partial charge on any atom is 0.277 e. The lowest BCUT2D eigenvalue weighted by molar-refractivity contribution is 0.102. The van der Waals surface area contributed by atoms with Crippen molar-refractivity contribution in [2.75, 3.05) is 5.32 Å². The molecule has 8 heteroatoms. The van der Waals surface area contributed by atoms with Crippen molar-refractivity contribution in [1.82, 2.24) is 19.6 Å². The van der Waals surface area contributed by atoms with Gasteiger partial charge in [-0.2, -0.15) is 10.2 Å². The predicted octanol–water partition coefficient (Wildman–Crippen LogP) is 3.74. The van der Waals surface area contributed by atoms with Gasteiger partial charge in [-0.15, -0.1) is 0 Å². The molecule has 2 aromatic heterocycles. The van der Waals surface area contributed by atoms with Gasteiger partial charge in [-0.3, -0.25) is 14.2 Å². The molecule has 0 fully saturated rings. The second-order valence-electron chi connectivity index (χ2n) is 6.12. The summed E-state index contributed by atoms with van der Waals surface area (Å²) in [5.41, 5.74) is 3.74. The molecule has 26 heavy (non-hydrogen) atoms. The molecule has 0 spiro atoms. The monoisotopic (exact) mass is 419 g/mol. The van der Waals surface area contributed by atoms with E-state index in [-0.39, 0.29) is 11.7 Å². The van der Waals surface area contributed by atoms with Crippen molar-refractivity contribution in [1.29, 1.82) is 0 Å². The quantitative estimate of drug-likeness (QED) is 0.700. The highest BCUT2D eigenvalue weighted by molar-refractivity contribution is 9.10. The van der Waals surface area contributed by atoms with Gasteiger partial charge in [-0.05, 0) is 42.8 Å². The summed E-state index contributed by atoms with van der Waals surface area (Å²) >= 11 is 3.40. The molecule has 0 saturated carbocycles. The van der Waals surface area contributed by atoms with E-state index < -0.39 is 0 Å². The van der Waals surface area contributed by atoms with E-state index in [1.807, 2.05) is 13.8 Å². The Labute approximate surface area is 159 Å². The van der Waals surface area contributed by atoms with Gasteiger partial charge in [0.1, 0.15) is 5.82 Å². The van der Waals surface area contributed by atoms with Crippen molar-refractivity contribution < 1.29 is 9.18 Å². The molecule has 1 N–H and O–H groups in total. The number of hydrogen-bond acceptors (Lipinski definition) is 3. The molecule has 1 aromatic carbocycles. The van der Waals surface area contributed by atoms with Crippen LogP contribution in [0.2, 0.25) is 0 Å². The highest BCUT2D eigenvalue weighted by atomic mass is 79.9. The highest BCUT2D eigenvalue weighted by Gasteiger charge is 2.21. The Bertz CT molecular complexity index is 992. The number of aromatic nitrogens is 4. The molecule has 0 radical (unpaired) electrons. The van der Waals surface area contributed by atoms with Crippen LogP contribution in [0.3, 0.4) is 0 Å². The SMILES string of the molecule is Cc1nn(Cc2ccccc2F)c(C)c1NC(=O)c1nn(C)c(C)c1Br. The fourth-order valence-electron chi connectivity index (χ4n) is 2.72. The summed E-state index contributed by atoms with van der Waals surface area (Å²) in [6.07, 6.45) is 0. The topological polar surface area (TPSA) is 64.7 Å². The molecule has 3 aromatic rings. The molecule has 136 valence electrons. The number of hydrogen-bond donors (Lipinski definition) is 1. The number of halogens is 2. The van der Waals surface area contributed by atoms with Crippen LogP contribution in [-0.4, -0.2) is 25.5 Å². The molecular formula is C18H19BrFN5O. The molecule has 0 aliphatic rings. The van der Waals surface area contributed by atoms with E-state index in [9.17, 15) is 9.18 Å². The van der Waals surface area contributed by atoms with Crippen LogP contribution in [0.4, 0.5) is 10.1 Å². The van der Waals surface area contributed by atoms with E-state index in [0.29, 0.717) is 33.7 Å². The van der Waals surface area contributed by atoms with Crippen molar-refractivity contribution >= 4 is 27.5 Å². The summed E-state index contributed by atoms with van der Waals surface area (Å²) in [6, 6.07) is 6.58. The maximum atomic E-state index is 13.9. The first-order valence-corrected chi connectivity index (χ1v) is 8.86. The predicted molar refractivity (Wildman–Crippen MR) is 101 cm³/mol. The summed E-state index contributed by atoms with van der Waals surface area (Å²) in [6.45, 7) is 5.81.